The fourth-order valence-corrected chi connectivity index (χ4v) is 18.4. The molecule has 0 saturated carbocycles. The van der Waals surface area contributed by atoms with Crippen LogP contribution in [-0.4, -0.2) is 23.0 Å². The van der Waals surface area contributed by atoms with Gasteiger partial charge in [-0.25, -0.2) is 16.8 Å². The molecule has 0 aliphatic heterocycles. The third-order valence-electron chi connectivity index (χ3n) is 7.76. The number of aryl methyl sites for hydroxylation is 2. The molecule has 0 N–H and O–H groups in total. The van der Waals surface area contributed by atoms with Gasteiger partial charge in [0.25, 0.3) is 0 Å². The topological polar surface area (TPSA) is 85.3 Å². The SMILES string of the molecule is CCCCCCCCCCCCCCCCCCP(=O)(S(=O)(=O)c1ccccc1C)S(=O)(=O)c1ccccc1C. The molecule has 40 heavy (non-hydrogen) atoms. The van der Waals surface area contributed by atoms with E-state index in [4.69, 9.17) is 0 Å². The number of hydrogen-bond acceptors (Lipinski definition) is 5. The average molecular weight is 611 g/mol. The first kappa shape index (κ1) is 34.8. The van der Waals surface area contributed by atoms with Crippen molar-refractivity contribution in [2.75, 3.05) is 6.16 Å². The number of hydrogen-bond donors (Lipinski definition) is 0. The second kappa shape index (κ2) is 17.5. The maximum absolute atomic E-state index is 14.3. The average Bonchev–Trinajstić information content (AvgIpc) is 2.92. The molecule has 2 aromatic carbocycles. The maximum atomic E-state index is 14.3. The molecule has 226 valence electrons. The van der Waals surface area contributed by atoms with E-state index in [9.17, 15) is 21.4 Å². The fourth-order valence-electron chi connectivity index (χ4n) is 5.21. The van der Waals surface area contributed by atoms with Crippen LogP contribution < -0.4 is 0 Å². The first-order valence-corrected chi connectivity index (χ1v) is 21.4. The Morgan fingerprint density at radius 1 is 0.500 bits per heavy atom. The van der Waals surface area contributed by atoms with Crippen molar-refractivity contribution in [2.45, 2.75) is 133 Å². The number of unbranched alkanes of at least 4 members (excludes halogenated alkanes) is 15. The summed E-state index contributed by atoms with van der Waals surface area (Å²) in [4.78, 5) is -0.320. The van der Waals surface area contributed by atoms with Gasteiger partial charge in [-0.1, -0.05) is 140 Å². The smallest absolute Gasteiger partial charge is 0.289 e. The standard InChI is InChI=1S/C32H51O5PS2/c1-4-5-6-7-8-9-10-11-12-13-14-15-16-17-18-23-28-38(33,39(34,35)31-26-21-19-24-29(31)2)40(36,37)32-27-22-20-25-30(32)3/h19-22,24-27H,4-18,23,28H2,1-3H3. The Hall–Kier alpha value is -1.43. The van der Waals surface area contributed by atoms with Crippen LogP contribution in [0.1, 0.15) is 121 Å². The van der Waals surface area contributed by atoms with E-state index < -0.39 is 24.5 Å². The van der Waals surface area contributed by atoms with Crippen LogP contribution >= 0.6 is 5.55 Å². The lowest BCUT2D eigenvalue weighted by Crippen LogP contribution is -2.16. The Labute approximate surface area is 244 Å². The van der Waals surface area contributed by atoms with Crippen LogP contribution in [0.3, 0.4) is 0 Å². The van der Waals surface area contributed by atoms with Gasteiger partial charge in [-0.05, 0) is 43.5 Å². The van der Waals surface area contributed by atoms with E-state index in [1.54, 1.807) is 50.2 Å². The molecule has 5 nitrogen and oxygen atoms in total. The highest BCUT2D eigenvalue weighted by Gasteiger charge is 2.51. The molecule has 0 radical (unpaired) electrons. The molecule has 0 aromatic heterocycles. The summed E-state index contributed by atoms with van der Waals surface area (Å²) in [6.07, 6.45) is 18.1. The Bertz CT molecular complexity index is 1210. The van der Waals surface area contributed by atoms with Gasteiger partial charge in [0.05, 0.1) is 9.79 Å². The van der Waals surface area contributed by atoms with Gasteiger partial charge in [-0.2, -0.15) is 0 Å². The summed E-state index contributed by atoms with van der Waals surface area (Å²) in [6, 6.07) is 12.4. The minimum Gasteiger partial charge on any atom is -0.289 e. The summed E-state index contributed by atoms with van der Waals surface area (Å²) >= 11 is 0. The molecule has 8 heteroatoms. The maximum Gasteiger partial charge on any atom is 0.313 e. The van der Waals surface area contributed by atoms with Gasteiger partial charge in [0, 0.05) is 6.16 Å². The molecule has 0 bridgehead atoms. The molecule has 0 amide bonds. The Morgan fingerprint density at radius 2 is 0.800 bits per heavy atom. The Balaban J connectivity index is 1.89. The largest absolute Gasteiger partial charge is 0.313 e. The van der Waals surface area contributed by atoms with Gasteiger partial charge >= 0.3 is 5.55 Å². The van der Waals surface area contributed by atoms with E-state index in [2.05, 4.69) is 6.92 Å². The lowest BCUT2D eigenvalue weighted by atomic mass is 10.0. The third kappa shape index (κ3) is 9.56. The second-order valence-corrected chi connectivity index (χ2v) is 22.7. The highest BCUT2D eigenvalue weighted by molar-refractivity contribution is 8.84. The highest BCUT2D eigenvalue weighted by atomic mass is 33.1. The van der Waals surface area contributed by atoms with Crippen LogP contribution in [0, 0.1) is 13.8 Å². The lowest BCUT2D eigenvalue weighted by Gasteiger charge is -2.21. The van der Waals surface area contributed by atoms with E-state index in [-0.39, 0.29) is 16.0 Å². The normalized spacial score (nSPS) is 12.6. The first-order valence-electron chi connectivity index (χ1n) is 15.3. The number of benzene rings is 2. The van der Waals surface area contributed by atoms with Crippen molar-refractivity contribution in [3.8, 4) is 0 Å². The summed E-state index contributed by atoms with van der Waals surface area (Å²) in [7, 11) is -9.21. The van der Waals surface area contributed by atoms with Crippen molar-refractivity contribution in [3.05, 3.63) is 59.7 Å². The summed E-state index contributed by atoms with van der Waals surface area (Å²) < 4.78 is 69.4. The van der Waals surface area contributed by atoms with Crippen LogP contribution in [0.2, 0.25) is 0 Å². The molecule has 0 unspecified atom stereocenters. The quantitative estimate of drug-likeness (QED) is 0.104. The van der Waals surface area contributed by atoms with E-state index in [0.29, 0.717) is 24.0 Å². The van der Waals surface area contributed by atoms with Gasteiger partial charge in [-0.15, -0.1) is 0 Å². The van der Waals surface area contributed by atoms with Crippen molar-refractivity contribution >= 4 is 24.5 Å². The van der Waals surface area contributed by atoms with Crippen LogP contribution in [0.5, 0.6) is 0 Å². The molecular formula is C32H51O5PS2. The highest BCUT2D eigenvalue weighted by Crippen LogP contribution is 2.64. The zero-order valence-corrected chi connectivity index (χ0v) is 27.5. The zero-order chi connectivity index (χ0) is 29.5. The molecule has 0 fully saturated rings. The summed E-state index contributed by atoms with van der Waals surface area (Å²) in [5.74, 6) is 0. The Morgan fingerprint density at radius 3 is 1.12 bits per heavy atom. The predicted molar refractivity (Wildman–Crippen MR) is 169 cm³/mol. The summed E-state index contributed by atoms with van der Waals surface area (Å²) in [5.41, 5.74) is -3.97. The van der Waals surface area contributed by atoms with Crippen LogP contribution in [0.15, 0.2) is 58.3 Å². The fraction of sp³-hybridized carbons (Fsp3) is 0.625. The minimum absolute atomic E-state index is 0.160. The van der Waals surface area contributed by atoms with Crippen LogP contribution in [0.4, 0.5) is 0 Å². The van der Waals surface area contributed by atoms with E-state index in [1.807, 2.05) is 0 Å². The van der Waals surface area contributed by atoms with Gasteiger partial charge in [0.1, 0.15) is 0 Å². The van der Waals surface area contributed by atoms with E-state index >= 15 is 0 Å². The molecule has 0 aliphatic carbocycles. The molecule has 0 atom stereocenters. The van der Waals surface area contributed by atoms with Gasteiger partial charge in [0.15, 0.2) is 0 Å². The van der Waals surface area contributed by atoms with Crippen molar-refractivity contribution in [2.24, 2.45) is 0 Å². The summed E-state index contributed by atoms with van der Waals surface area (Å²) in [6.45, 7) is 5.46. The van der Waals surface area contributed by atoms with Gasteiger partial charge in [0.2, 0.25) is 18.9 Å². The second-order valence-electron chi connectivity index (χ2n) is 11.1. The van der Waals surface area contributed by atoms with Crippen molar-refractivity contribution in [1.29, 1.82) is 0 Å². The van der Waals surface area contributed by atoms with E-state index in [1.165, 1.54) is 82.8 Å². The zero-order valence-electron chi connectivity index (χ0n) is 24.9. The lowest BCUT2D eigenvalue weighted by molar-refractivity contribution is 0.531. The Kier molecular flexibility index (Phi) is 15.2. The first-order chi connectivity index (χ1) is 19.1. The van der Waals surface area contributed by atoms with Crippen molar-refractivity contribution in [1.82, 2.24) is 0 Å². The van der Waals surface area contributed by atoms with Gasteiger partial charge in [-0.3, -0.25) is 4.57 Å². The summed E-state index contributed by atoms with van der Waals surface area (Å²) in [5, 5.41) is 0. The monoisotopic (exact) mass is 610 g/mol. The van der Waals surface area contributed by atoms with Crippen LogP contribution in [0.25, 0.3) is 0 Å². The molecular weight excluding hydrogens is 559 g/mol. The molecule has 2 aromatic rings. The van der Waals surface area contributed by atoms with Crippen molar-refractivity contribution in [3.63, 3.8) is 0 Å². The predicted octanol–water partition coefficient (Wildman–Crippen LogP) is 10.0. The molecule has 0 spiro atoms. The van der Waals surface area contributed by atoms with Crippen LogP contribution in [-0.2, 0) is 23.5 Å². The van der Waals surface area contributed by atoms with E-state index in [0.717, 1.165) is 19.3 Å². The molecule has 0 saturated heterocycles. The number of rotatable bonds is 21. The molecule has 2 rings (SSSR count). The molecule has 0 heterocycles. The van der Waals surface area contributed by atoms with Gasteiger partial charge < -0.3 is 0 Å². The third-order valence-corrected chi connectivity index (χ3v) is 22.3. The molecule has 0 aliphatic rings. The minimum atomic E-state index is -4.77. The van der Waals surface area contributed by atoms with Crippen molar-refractivity contribution < 1.29 is 21.4 Å².